The summed E-state index contributed by atoms with van der Waals surface area (Å²) < 4.78 is 5.53. The molecule has 1 unspecified atom stereocenters. The number of nitrogens with two attached hydrogens (primary N) is 1. The molecule has 88 valence electrons. The third-order valence-electron chi connectivity index (χ3n) is 2.91. The summed E-state index contributed by atoms with van der Waals surface area (Å²) >= 11 is 0. The van der Waals surface area contributed by atoms with Crippen LogP contribution in [0.1, 0.15) is 33.6 Å². The van der Waals surface area contributed by atoms with Crippen molar-refractivity contribution in [3.63, 3.8) is 0 Å². The Hall–Kier alpha value is -0.770. The molecule has 1 aliphatic carbocycles. The van der Waals surface area contributed by atoms with Gasteiger partial charge in [0.05, 0.1) is 12.1 Å². The minimum absolute atomic E-state index is 0.136. The predicted octanol–water partition coefficient (Wildman–Crippen LogP) is 1.11. The van der Waals surface area contributed by atoms with Gasteiger partial charge in [-0.1, -0.05) is 0 Å². The molecule has 0 saturated heterocycles. The Labute approximate surface area is 92.3 Å². The molecule has 0 spiro atoms. The monoisotopic (exact) mass is 213 g/mol. The van der Waals surface area contributed by atoms with Crippen LogP contribution >= 0.6 is 0 Å². The van der Waals surface area contributed by atoms with E-state index in [2.05, 4.69) is 17.2 Å². The van der Waals surface area contributed by atoms with E-state index in [9.17, 15) is 0 Å². The van der Waals surface area contributed by atoms with Crippen molar-refractivity contribution in [1.29, 1.82) is 0 Å². The summed E-state index contributed by atoms with van der Waals surface area (Å²) in [5, 5.41) is 3.07. The fourth-order valence-corrected chi connectivity index (χ4v) is 1.64. The van der Waals surface area contributed by atoms with E-state index < -0.39 is 0 Å². The van der Waals surface area contributed by atoms with Crippen molar-refractivity contribution in [3.05, 3.63) is 0 Å². The molecular formula is C11H23N3O. The lowest BCUT2D eigenvalue weighted by Crippen LogP contribution is -2.40. The topological polar surface area (TPSA) is 59.6 Å². The molecule has 4 nitrogen and oxygen atoms in total. The van der Waals surface area contributed by atoms with Crippen molar-refractivity contribution >= 4 is 5.96 Å². The van der Waals surface area contributed by atoms with Crippen LogP contribution in [0.2, 0.25) is 0 Å². The Kier molecular flexibility index (Phi) is 3.97. The van der Waals surface area contributed by atoms with Gasteiger partial charge in [0.15, 0.2) is 5.96 Å². The van der Waals surface area contributed by atoms with E-state index in [4.69, 9.17) is 10.5 Å². The van der Waals surface area contributed by atoms with Crippen LogP contribution in [0.5, 0.6) is 0 Å². The zero-order chi connectivity index (χ0) is 11.5. The van der Waals surface area contributed by atoms with E-state index in [1.165, 1.54) is 12.8 Å². The fourth-order valence-electron chi connectivity index (χ4n) is 1.64. The Balaban J connectivity index is 2.45. The molecule has 4 heteroatoms. The van der Waals surface area contributed by atoms with E-state index >= 15 is 0 Å². The van der Waals surface area contributed by atoms with Crippen LogP contribution in [-0.2, 0) is 4.74 Å². The number of rotatable bonds is 5. The maximum atomic E-state index is 5.74. The van der Waals surface area contributed by atoms with Crippen molar-refractivity contribution in [3.8, 4) is 0 Å². The molecule has 0 aromatic rings. The van der Waals surface area contributed by atoms with E-state index in [0.717, 1.165) is 0 Å². The SMILES string of the molecule is COC(C)(CN=C(N)NC(C)C)C1CC1. The first-order valence-electron chi connectivity index (χ1n) is 5.59. The summed E-state index contributed by atoms with van der Waals surface area (Å²) in [5.41, 5.74) is 5.60. The van der Waals surface area contributed by atoms with Crippen LogP contribution in [0.15, 0.2) is 4.99 Å². The first-order chi connectivity index (χ1) is 6.98. The standard InChI is InChI=1S/C11H23N3O/c1-8(2)14-10(12)13-7-11(3,15-4)9-5-6-9/h8-9H,5-7H2,1-4H3,(H3,12,13,14). The molecule has 1 saturated carbocycles. The van der Waals surface area contributed by atoms with E-state index in [0.29, 0.717) is 24.5 Å². The van der Waals surface area contributed by atoms with Gasteiger partial charge in [-0.05, 0) is 39.5 Å². The van der Waals surface area contributed by atoms with Crippen molar-refractivity contribution in [2.24, 2.45) is 16.6 Å². The third kappa shape index (κ3) is 3.70. The van der Waals surface area contributed by atoms with Crippen LogP contribution < -0.4 is 11.1 Å². The highest BCUT2D eigenvalue weighted by molar-refractivity contribution is 5.78. The van der Waals surface area contributed by atoms with Gasteiger partial charge in [-0.15, -0.1) is 0 Å². The Morgan fingerprint density at radius 2 is 2.20 bits per heavy atom. The van der Waals surface area contributed by atoms with Crippen LogP contribution in [0.25, 0.3) is 0 Å². The fraction of sp³-hybridized carbons (Fsp3) is 0.909. The van der Waals surface area contributed by atoms with Crippen LogP contribution in [0.4, 0.5) is 0 Å². The minimum atomic E-state index is -0.136. The number of nitrogens with zero attached hydrogens (tertiary/aromatic N) is 1. The van der Waals surface area contributed by atoms with Gasteiger partial charge in [-0.2, -0.15) is 0 Å². The molecule has 0 amide bonds. The lowest BCUT2D eigenvalue weighted by atomic mass is 10.0. The molecule has 3 N–H and O–H groups in total. The first-order valence-corrected chi connectivity index (χ1v) is 5.59. The molecular weight excluding hydrogens is 190 g/mol. The van der Waals surface area contributed by atoms with Gasteiger partial charge in [-0.3, -0.25) is 4.99 Å². The van der Waals surface area contributed by atoms with Crippen LogP contribution in [-0.4, -0.2) is 31.3 Å². The summed E-state index contributed by atoms with van der Waals surface area (Å²) in [6, 6.07) is 0.323. The number of ether oxygens (including phenoxy) is 1. The summed E-state index contributed by atoms with van der Waals surface area (Å²) in [6.07, 6.45) is 2.49. The van der Waals surface area contributed by atoms with Gasteiger partial charge in [0.1, 0.15) is 0 Å². The van der Waals surface area contributed by atoms with Gasteiger partial charge in [-0.25, -0.2) is 0 Å². The van der Waals surface area contributed by atoms with Crippen molar-refractivity contribution in [2.45, 2.75) is 45.3 Å². The normalized spacial score (nSPS) is 21.5. The average Bonchev–Trinajstić information content (AvgIpc) is 2.96. The Morgan fingerprint density at radius 1 is 1.60 bits per heavy atom. The molecule has 0 heterocycles. The molecule has 0 aliphatic heterocycles. The second-order valence-electron chi connectivity index (χ2n) is 4.79. The minimum Gasteiger partial charge on any atom is -0.376 e. The molecule has 1 fully saturated rings. The molecule has 0 bridgehead atoms. The largest absolute Gasteiger partial charge is 0.376 e. The number of methoxy groups -OCH3 is 1. The lowest BCUT2D eigenvalue weighted by Gasteiger charge is -2.26. The van der Waals surface area contributed by atoms with Gasteiger partial charge < -0.3 is 15.8 Å². The number of guanidine groups is 1. The quantitative estimate of drug-likeness (QED) is 0.531. The summed E-state index contributed by atoms with van der Waals surface area (Å²) in [6.45, 7) is 6.83. The van der Waals surface area contributed by atoms with E-state index in [1.54, 1.807) is 7.11 Å². The lowest BCUT2D eigenvalue weighted by molar-refractivity contribution is -0.00474. The van der Waals surface area contributed by atoms with Crippen molar-refractivity contribution in [2.75, 3.05) is 13.7 Å². The second kappa shape index (κ2) is 4.84. The molecule has 1 aliphatic rings. The molecule has 0 radical (unpaired) electrons. The molecule has 0 aromatic carbocycles. The maximum Gasteiger partial charge on any atom is 0.188 e. The van der Waals surface area contributed by atoms with Gasteiger partial charge in [0, 0.05) is 13.2 Å². The highest BCUT2D eigenvalue weighted by atomic mass is 16.5. The van der Waals surface area contributed by atoms with Gasteiger partial charge in [0.2, 0.25) is 0 Å². The molecule has 1 rings (SSSR count). The Morgan fingerprint density at radius 3 is 2.60 bits per heavy atom. The first kappa shape index (κ1) is 12.3. The van der Waals surface area contributed by atoms with Crippen LogP contribution in [0.3, 0.4) is 0 Å². The average molecular weight is 213 g/mol. The van der Waals surface area contributed by atoms with Gasteiger partial charge >= 0.3 is 0 Å². The van der Waals surface area contributed by atoms with Gasteiger partial charge in [0.25, 0.3) is 0 Å². The summed E-state index contributed by atoms with van der Waals surface area (Å²) in [4.78, 5) is 4.33. The third-order valence-corrected chi connectivity index (χ3v) is 2.91. The number of hydrogen-bond donors (Lipinski definition) is 2. The summed E-state index contributed by atoms with van der Waals surface area (Å²) in [7, 11) is 1.75. The van der Waals surface area contributed by atoms with Crippen LogP contribution in [0, 0.1) is 5.92 Å². The highest BCUT2D eigenvalue weighted by Crippen LogP contribution is 2.41. The predicted molar refractivity (Wildman–Crippen MR) is 62.9 cm³/mol. The number of nitrogens with one attached hydrogen (secondary N) is 1. The molecule has 15 heavy (non-hydrogen) atoms. The number of hydrogen-bond acceptors (Lipinski definition) is 2. The highest BCUT2D eigenvalue weighted by Gasteiger charge is 2.41. The second-order valence-corrected chi connectivity index (χ2v) is 4.79. The molecule has 0 aromatic heterocycles. The molecule has 1 atom stereocenters. The summed E-state index contributed by atoms with van der Waals surface area (Å²) in [5.74, 6) is 1.16. The van der Waals surface area contributed by atoms with E-state index in [1.807, 2.05) is 13.8 Å². The zero-order valence-corrected chi connectivity index (χ0v) is 10.2. The van der Waals surface area contributed by atoms with Crippen molar-refractivity contribution < 1.29 is 4.74 Å². The van der Waals surface area contributed by atoms with Crippen molar-refractivity contribution in [1.82, 2.24) is 5.32 Å². The smallest absolute Gasteiger partial charge is 0.188 e. The van der Waals surface area contributed by atoms with E-state index in [-0.39, 0.29) is 5.60 Å². The maximum absolute atomic E-state index is 5.74. The zero-order valence-electron chi connectivity index (χ0n) is 10.2. The number of aliphatic imine (C=N–C) groups is 1. The Bertz CT molecular complexity index is 236.